The number of aryl methyl sites for hydroxylation is 1. The number of fused-ring (bicyclic) bond motifs is 1. The topological polar surface area (TPSA) is 28.2 Å². The van der Waals surface area contributed by atoms with Gasteiger partial charge in [0.15, 0.2) is 5.13 Å². The van der Waals surface area contributed by atoms with Crippen molar-refractivity contribution in [2.24, 2.45) is 11.8 Å². The standard InChI is InChI=1S/C16H27N3S/c1-11(2)12-7-9-19(10-8-12)16-18-15-13(17-3)5-4-6-14(15)20-16/h11-13,17H,4-10H2,1-3H3. The smallest absolute Gasteiger partial charge is 0.185 e. The molecule has 0 aromatic carbocycles. The zero-order valence-electron chi connectivity index (χ0n) is 13.0. The maximum atomic E-state index is 4.98. The van der Waals surface area contributed by atoms with Gasteiger partial charge in [-0.1, -0.05) is 13.8 Å². The van der Waals surface area contributed by atoms with E-state index in [1.54, 1.807) is 0 Å². The van der Waals surface area contributed by atoms with Gasteiger partial charge in [0.2, 0.25) is 0 Å². The predicted octanol–water partition coefficient (Wildman–Crippen LogP) is 3.61. The Morgan fingerprint density at radius 3 is 2.65 bits per heavy atom. The molecule has 0 amide bonds. The highest BCUT2D eigenvalue weighted by Gasteiger charge is 2.27. The molecule has 1 atom stereocenters. The van der Waals surface area contributed by atoms with Crippen molar-refractivity contribution >= 4 is 16.5 Å². The minimum atomic E-state index is 0.483. The van der Waals surface area contributed by atoms with Crippen LogP contribution in [-0.4, -0.2) is 25.1 Å². The van der Waals surface area contributed by atoms with Crippen molar-refractivity contribution in [1.29, 1.82) is 0 Å². The summed E-state index contributed by atoms with van der Waals surface area (Å²) in [7, 11) is 2.06. The lowest BCUT2D eigenvalue weighted by Crippen LogP contribution is -2.35. The second kappa shape index (κ2) is 6.02. The molecule has 3 nitrogen and oxygen atoms in total. The molecule has 1 saturated heterocycles. The van der Waals surface area contributed by atoms with Gasteiger partial charge < -0.3 is 10.2 Å². The number of hydrogen-bond acceptors (Lipinski definition) is 4. The van der Waals surface area contributed by atoms with Crippen LogP contribution in [0, 0.1) is 11.8 Å². The summed E-state index contributed by atoms with van der Waals surface area (Å²) in [5.74, 6) is 1.74. The first-order valence-corrected chi connectivity index (χ1v) is 8.92. The van der Waals surface area contributed by atoms with Gasteiger partial charge in [0, 0.05) is 18.0 Å². The van der Waals surface area contributed by atoms with E-state index in [1.165, 1.54) is 60.9 Å². The quantitative estimate of drug-likeness (QED) is 0.922. The first kappa shape index (κ1) is 14.3. The Balaban J connectivity index is 1.71. The minimum Gasteiger partial charge on any atom is -0.348 e. The van der Waals surface area contributed by atoms with Gasteiger partial charge in [-0.05, 0) is 51.0 Å². The number of nitrogens with zero attached hydrogens (tertiary/aromatic N) is 2. The van der Waals surface area contributed by atoms with Crippen LogP contribution in [0.25, 0.3) is 0 Å². The van der Waals surface area contributed by atoms with Crippen molar-refractivity contribution in [2.45, 2.75) is 52.0 Å². The number of piperidine rings is 1. The van der Waals surface area contributed by atoms with Gasteiger partial charge in [0.25, 0.3) is 0 Å². The predicted molar refractivity (Wildman–Crippen MR) is 86.6 cm³/mol. The normalized spacial score (nSPS) is 24.2. The molecule has 2 heterocycles. The Morgan fingerprint density at radius 1 is 1.25 bits per heavy atom. The molecule has 0 spiro atoms. The summed E-state index contributed by atoms with van der Waals surface area (Å²) in [5.41, 5.74) is 1.34. The number of nitrogens with one attached hydrogen (secondary N) is 1. The third-order valence-electron chi connectivity index (χ3n) is 5.04. The number of anilines is 1. The zero-order valence-corrected chi connectivity index (χ0v) is 13.8. The van der Waals surface area contributed by atoms with Gasteiger partial charge in [-0.2, -0.15) is 0 Å². The summed E-state index contributed by atoms with van der Waals surface area (Å²) in [6, 6.07) is 0.483. The Labute approximate surface area is 126 Å². The van der Waals surface area contributed by atoms with E-state index in [9.17, 15) is 0 Å². The molecule has 4 heteroatoms. The molecule has 3 rings (SSSR count). The maximum absolute atomic E-state index is 4.98. The molecule has 1 fully saturated rings. The molecule has 20 heavy (non-hydrogen) atoms. The lowest BCUT2D eigenvalue weighted by molar-refractivity contribution is 0.311. The van der Waals surface area contributed by atoms with E-state index in [0.29, 0.717) is 6.04 Å². The molecule has 2 aliphatic rings. The van der Waals surface area contributed by atoms with Crippen molar-refractivity contribution in [2.75, 3.05) is 25.0 Å². The van der Waals surface area contributed by atoms with E-state index in [0.717, 1.165) is 11.8 Å². The van der Waals surface area contributed by atoms with Gasteiger partial charge in [-0.3, -0.25) is 0 Å². The highest BCUT2D eigenvalue weighted by atomic mass is 32.1. The van der Waals surface area contributed by atoms with Crippen molar-refractivity contribution < 1.29 is 0 Å². The van der Waals surface area contributed by atoms with Crippen LogP contribution in [0.1, 0.15) is 56.1 Å². The van der Waals surface area contributed by atoms with Crippen LogP contribution >= 0.6 is 11.3 Å². The fourth-order valence-electron chi connectivity index (χ4n) is 3.58. The van der Waals surface area contributed by atoms with E-state index < -0.39 is 0 Å². The summed E-state index contributed by atoms with van der Waals surface area (Å²) in [4.78, 5) is 9.03. The lowest BCUT2D eigenvalue weighted by Gasteiger charge is -2.33. The molecule has 1 aliphatic heterocycles. The van der Waals surface area contributed by atoms with Gasteiger partial charge in [0.1, 0.15) is 0 Å². The van der Waals surface area contributed by atoms with Crippen molar-refractivity contribution in [3.05, 3.63) is 10.6 Å². The Kier molecular flexibility index (Phi) is 4.32. The molecule has 0 radical (unpaired) electrons. The van der Waals surface area contributed by atoms with E-state index in [2.05, 4.69) is 31.1 Å². The van der Waals surface area contributed by atoms with Gasteiger partial charge in [-0.15, -0.1) is 11.3 Å². The van der Waals surface area contributed by atoms with E-state index in [1.807, 2.05) is 11.3 Å². The second-order valence-electron chi connectivity index (χ2n) is 6.61. The SMILES string of the molecule is CNC1CCCc2sc(N3CCC(C(C)C)CC3)nc21. The maximum Gasteiger partial charge on any atom is 0.185 e. The molecule has 0 bridgehead atoms. The average molecular weight is 293 g/mol. The molecular weight excluding hydrogens is 266 g/mol. The van der Waals surface area contributed by atoms with Gasteiger partial charge in [0.05, 0.1) is 11.7 Å². The van der Waals surface area contributed by atoms with Crippen LogP contribution < -0.4 is 10.2 Å². The lowest BCUT2D eigenvalue weighted by atomic mass is 9.87. The number of thiazole rings is 1. The Hall–Kier alpha value is -0.610. The summed E-state index contributed by atoms with van der Waals surface area (Å²) in [6.45, 7) is 7.11. The van der Waals surface area contributed by atoms with Gasteiger partial charge >= 0.3 is 0 Å². The monoisotopic (exact) mass is 293 g/mol. The second-order valence-corrected chi connectivity index (χ2v) is 7.67. The third kappa shape index (κ3) is 2.73. The molecule has 1 aromatic rings. The molecule has 1 aromatic heterocycles. The van der Waals surface area contributed by atoms with E-state index in [4.69, 9.17) is 4.98 Å². The van der Waals surface area contributed by atoms with Crippen molar-refractivity contribution in [3.8, 4) is 0 Å². The molecule has 1 aliphatic carbocycles. The molecule has 1 unspecified atom stereocenters. The average Bonchev–Trinajstić information content (AvgIpc) is 2.91. The van der Waals surface area contributed by atoms with Crippen LogP contribution in [0.5, 0.6) is 0 Å². The molecule has 112 valence electrons. The molecule has 1 N–H and O–H groups in total. The summed E-state index contributed by atoms with van der Waals surface area (Å²) >= 11 is 1.95. The van der Waals surface area contributed by atoms with Crippen LogP contribution in [0.15, 0.2) is 0 Å². The highest BCUT2D eigenvalue weighted by molar-refractivity contribution is 7.15. The number of aromatic nitrogens is 1. The summed E-state index contributed by atoms with van der Waals surface area (Å²) < 4.78 is 0. The van der Waals surface area contributed by atoms with E-state index in [-0.39, 0.29) is 0 Å². The first-order valence-electron chi connectivity index (χ1n) is 8.11. The van der Waals surface area contributed by atoms with Crippen LogP contribution in [0.4, 0.5) is 5.13 Å². The Bertz CT molecular complexity index is 447. The fourth-order valence-corrected chi connectivity index (χ4v) is 4.79. The number of hydrogen-bond donors (Lipinski definition) is 1. The van der Waals surface area contributed by atoms with Crippen LogP contribution in [-0.2, 0) is 6.42 Å². The summed E-state index contributed by atoms with van der Waals surface area (Å²) in [6.07, 6.45) is 6.43. The molecular formula is C16H27N3S. The Morgan fingerprint density at radius 2 is 2.00 bits per heavy atom. The summed E-state index contributed by atoms with van der Waals surface area (Å²) in [5, 5.41) is 4.70. The zero-order chi connectivity index (χ0) is 14.1. The third-order valence-corrected chi connectivity index (χ3v) is 6.24. The van der Waals surface area contributed by atoms with Crippen molar-refractivity contribution in [3.63, 3.8) is 0 Å². The fraction of sp³-hybridized carbons (Fsp3) is 0.812. The first-order chi connectivity index (χ1) is 9.69. The van der Waals surface area contributed by atoms with Crippen LogP contribution in [0.2, 0.25) is 0 Å². The van der Waals surface area contributed by atoms with E-state index >= 15 is 0 Å². The largest absolute Gasteiger partial charge is 0.348 e. The number of rotatable bonds is 3. The molecule has 0 saturated carbocycles. The highest BCUT2D eigenvalue weighted by Crippen LogP contribution is 2.38. The van der Waals surface area contributed by atoms with Crippen molar-refractivity contribution in [1.82, 2.24) is 10.3 Å². The minimum absolute atomic E-state index is 0.483. The van der Waals surface area contributed by atoms with Gasteiger partial charge in [-0.25, -0.2) is 4.98 Å². The van der Waals surface area contributed by atoms with Crippen LogP contribution in [0.3, 0.4) is 0 Å².